The number of hydrogen-bond acceptors (Lipinski definition) is 3. The van der Waals surface area contributed by atoms with Crippen molar-refractivity contribution < 1.29 is 22.5 Å². The minimum Gasteiger partial charge on any atom is -0.481 e. The van der Waals surface area contributed by atoms with Crippen LogP contribution in [0.2, 0.25) is 0 Å². The van der Waals surface area contributed by atoms with Gasteiger partial charge in [-0.3, -0.25) is 9.59 Å². The molecule has 4 nitrogen and oxygen atoms in total. The lowest BCUT2D eigenvalue weighted by atomic mass is 9.42. The number of rotatable bonds is 5. The smallest absolute Gasteiger partial charge is 0.303 e. The average Bonchev–Trinajstić information content (AvgIpc) is 3.03. The van der Waals surface area contributed by atoms with Crippen LogP contribution < -0.4 is 0 Å². The highest BCUT2D eigenvalue weighted by Crippen LogP contribution is 2.68. The van der Waals surface area contributed by atoms with E-state index in [-0.39, 0.29) is 46.7 Å². The molecule has 4 fully saturated rings. The minimum absolute atomic E-state index is 0.0249. The van der Waals surface area contributed by atoms with E-state index >= 15 is 0 Å². The Balaban J connectivity index is 1.68. The number of carbonyl (C=O) groups is 2. The molecule has 0 aliphatic heterocycles. The fourth-order valence-electron chi connectivity index (χ4n) is 8.87. The molecule has 0 saturated heterocycles. The zero-order valence-corrected chi connectivity index (χ0v) is 19.2. The number of aliphatic carboxylic acids is 1. The molecule has 0 bridgehead atoms. The number of carboxylic acid groups (broad SMARTS) is 1. The Hall–Kier alpha value is -0.900. The van der Waals surface area contributed by atoms with Gasteiger partial charge in [0.1, 0.15) is 5.78 Å². The fourth-order valence-corrected chi connectivity index (χ4v) is 8.87. The van der Waals surface area contributed by atoms with Crippen LogP contribution in [0.3, 0.4) is 0 Å². The van der Waals surface area contributed by atoms with Gasteiger partial charge in [-0.05, 0) is 98.2 Å². The molecule has 2 N–H and O–H groups in total. The van der Waals surface area contributed by atoms with E-state index in [0.717, 1.165) is 38.5 Å². The molecular weight excluding hydrogens is 376 g/mol. The van der Waals surface area contributed by atoms with Crippen LogP contribution >= 0.6 is 0 Å². The largest absolute Gasteiger partial charge is 0.481 e. The van der Waals surface area contributed by atoms with Crippen LogP contribution in [-0.2, 0) is 9.59 Å². The van der Waals surface area contributed by atoms with Crippen molar-refractivity contribution in [1.82, 2.24) is 0 Å². The molecule has 0 aromatic rings. The predicted molar refractivity (Wildman–Crippen MR) is 117 cm³/mol. The Labute approximate surface area is 185 Å². The molecule has 0 aromatic carbocycles. The highest BCUT2D eigenvalue weighted by Gasteiger charge is 2.65. The van der Waals surface area contributed by atoms with E-state index in [1.165, 1.54) is 0 Å². The van der Waals surface area contributed by atoms with Gasteiger partial charge >= 0.3 is 5.97 Å². The van der Waals surface area contributed by atoms with Gasteiger partial charge in [0.15, 0.2) is 0 Å². The number of hydrogen-bond donors (Lipinski definition) is 2. The lowest BCUT2D eigenvalue weighted by Gasteiger charge is -2.62. The molecule has 30 heavy (non-hydrogen) atoms. The first kappa shape index (κ1) is 19.8. The summed E-state index contributed by atoms with van der Waals surface area (Å²) in [6.45, 7) is 8.37. The van der Waals surface area contributed by atoms with Crippen LogP contribution in [0.15, 0.2) is 0 Å². The van der Waals surface area contributed by atoms with Gasteiger partial charge in [-0.25, -0.2) is 0 Å². The SMILES string of the molecule is [2H]C([2H])(C)C1C(=O)[C@@H]2[C@H](CC[C@]3(C)[C@@H]([C@H](C)CCC(=O)O)CC[C@@H]23)[C@@]2(C)CC[C@@H](O)C[C@@H]12. The van der Waals surface area contributed by atoms with Crippen molar-refractivity contribution in [1.29, 1.82) is 0 Å². The third kappa shape index (κ3) is 3.27. The van der Waals surface area contributed by atoms with Crippen molar-refractivity contribution in [2.24, 2.45) is 52.3 Å². The summed E-state index contributed by atoms with van der Waals surface area (Å²) in [6, 6.07) is 0. The van der Waals surface area contributed by atoms with E-state index in [0.29, 0.717) is 24.7 Å². The Morgan fingerprint density at radius 3 is 2.47 bits per heavy atom. The van der Waals surface area contributed by atoms with Crippen LogP contribution in [0.1, 0.15) is 94.6 Å². The Morgan fingerprint density at radius 1 is 1.13 bits per heavy atom. The van der Waals surface area contributed by atoms with E-state index in [1.807, 2.05) is 0 Å². The number of carboxylic acids is 1. The molecule has 0 spiro atoms. The second-order valence-electron chi connectivity index (χ2n) is 11.6. The number of ketones is 1. The quantitative estimate of drug-likeness (QED) is 0.631. The summed E-state index contributed by atoms with van der Waals surface area (Å²) in [4.78, 5) is 25.2. The van der Waals surface area contributed by atoms with Gasteiger partial charge in [0, 0.05) is 21.0 Å². The first-order valence-electron chi connectivity index (χ1n) is 13.2. The summed E-state index contributed by atoms with van der Waals surface area (Å²) < 4.78 is 17.2. The van der Waals surface area contributed by atoms with Gasteiger partial charge in [0.25, 0.3) is 0 Å². The molecule has 0 aromatic heterocycles. The van der Waals surface area contributed by atoms with Crippen molar-refractivity contribution in [2.45, 2.75) is 98.0 Å². The van der Waals surface area contributed by atoms with Crippen LogP contribution in [0.25, 0.3) is 0 Å². The monoisotopic (exact) mass is 420 g/mol. The molecule has 0 heterocycles. The summed E-state index contributed by atoms with van der Waals surface area (Å²) in [5.41, 5.74) is -0.0721. The van der Waals surface area contributed by atoms with Crippen molar-refractivity contribution >= 4 is 11.8 Å². The van der Waals surface area contributed by atoms with Crippen molar-refractivity contribution in [3.8, 4) is 0 Å². The maximum atomic E-state index is 14.1. The molecule has 1 unspecified atom stereocenters. The zero-order valence-electron chi connectivity index (χ0n) is 21.2. The molecule has 170 valence electrons. The van der Waals surface area contributed by atoms with Gasteiger partial charge in [-0.15, -0.1) is 0 Å². The third-order valence-corrected chi connectivity index (χ3v) is 10.4. The second kappa shape index (κ2) is 7.90. The van der Waals surface area contributed by atoms with E-state index in [2.05, 4.69) is 20.8 Å². The molecule has 0 radical (unpaired) electrons. The van der Waals surface area contributed by atoms with Gasteiger partial charge in [0.2, 0.25) is 0 Å². The first-order valence-corrected chi connectivity index (χ1v) is 12.2. The van der Waals surface area contributed by atoms with Crippen LogP contribution in [0.5, 0.6) is 0 Å². The van der Waals surface area contributed by atoms with Crippen LogP contribution in [-0.4, -0.2) is 28.1 Å². The van der Waals surface area contributed by atoms with Gasteiger partial charge in [-0.2, -0.15) is 0 Å². The molecule has 10 atom stereocenters. The molecule has 4 rings (SSSR count). The number of aliphatic hydroxyl groups is 1. The van der Waals surface area contributed by atoms with Crippen molar-refractivity contribution in [3.63, 3.8) is 0 Å². The summed E-state index contributed by atoms with van der Waals surface area (Å²) in [5.74, 6) is -0.164. The third-order valence-electron chi connectivity index (χ3n) is 10.4. The maximum Gasteiger partial charge on any atom is 0.303 e. The summed E-state index contributed by atoms with van der Waals surface area (Å²) in [6.07, 6.45) is 5.13. The van der Waals surface area contributed by atoms with E-state index in [4.69, 9.17) is 7.85 Å². The first-order chi connectivity index (χ1) is 14.8. The highest BCUT2D eigenvalue weighted by atomic mass is 16.4. The topological polar surface area (TPSA) is 74.6 Å². The van der Waals surface area contributed by atoms with Crippen LogP contribution in [0.4, 0.5) is 0 Å². The normalized spacial score (nSPS) is 50.6. The van der Waals surface area contributed by atoms with E-state index in [1.54, 1.807) is 6.92 Å². The number of Topliss-reactive ketones (excluding diaryl/α,β-unsaturated/α-hetero) is 1. The van der Waals surface area contributed by atoms with Gasteiger partial charge in [0.05, 0.1) is 6.10 Å². The number of fused-ring (bicyclic) bond motifs is 5. The van der Waals surface area contributed by atoms with Crippen molar-refractivity contribution in [2.75, 3.05) is 0 Å². The average molecular weight is 421 g/mol. The number of aliphatic hydroxyl groups excluding tert-OH is 1. The van der Waals surface area contributed by atoms with E-state index in [9.17, 15) is 14.7 Å². The lowest BCUT2D eigenvalue weighted by molar-refractivity contribution is -0.173. The zero-order chi connectivity index (χ0) is 23.6. The maximum absolute atomic E-state index is 14.1. The van der Waals surface area contributed by atoms with Gasteiger partial charge in [-0.1, -0.05) is 27.7 Å². The molecule has 4 saturated carbocycles. The molecule has 4 aliphatic rings. The van der Waals surface area contributed by atoms with E-state index < -0.39 is 24.4 Å². The summed E-state index contributed by atoms with van der Waals surface area (Å²) in [7, 11) is 0. The second-order valence-corrected chi connectivity index (χ2v) is 11.6. The fraction of sp³-hybridized carbons (Fsp3) is 0.923. The molecule has 0 amide bonds. The summed E-state index contributed by atoms with van der Waals surface area (Å²) >= 11 is 0. The molecule has 4 heteroatoms. The van der Waals surface area contributed by atoms with Gasteiger partial charge < -0.3 is 10.2 Å². The van der Waals surface area contributed by atoms with Crippen LogP contribution in [0, 0.1) is 52.3 Å². The number of carbonyl (C=O) groups excluding carboxylic acids is 1. The Bertz CT molecular complexity index is 763. The Kier molecular flexibility index (Phi) is 5.21. The summed E-state index contributed by atoms with van der Waals surface area (Å²) in [5, 5.41) is 19.6. The Morgan fingerprint density at radius 2 is 1.80 bits per heavy atom. The minimum atomic E-state index is -1.59. The highest BCUT2D eigenvalue weighted by molar-refractivity contribution is 5.86. The molecule has 4 aliphatic carbocycles. The van der Waals surface area contributed by atoms with Crippen molar-refractivity contribution in [3.05, 3.63) is 0 Å². The molecular formula is C26H42O4. The lowest BCUT2D eigenvalue weighted by Crippen LogP contribution is -2.60. The standard InChI is InChI=1S/C26H42O4/c1-5-17-21-14-16(27)10-12-26(21,4)20-11-13-25(3)18(15(2)6-9-22(28)29)7-8-19(25)23(20)24(17)30/h15-21,23,27H,5-14H2,1-4H3,(H,28,29)/t15-,16-,17?,18-,19+,20+,21+,23+,25-,26-/m1/s1/i5D2. The predicted octanol–water partition coefficient (Wildman–Crippen LogP) is 5.32.